The summed E-state index contributed by atoms with van der Waals surface area (Å²) in [6.07, 6.45) is 2.40. The van der Waals surface area contributed by atoms with E-state index in [1.165, 1.54) is 0 Å². The molecule has 4 nitrogen and oxygen atoms in total. The van der Waals surface area contributed by atoms with Crippen molar-refractivity contribution >= 4 is 17.5 Å². The lowest BCUT2D eigenvalue weighted by Crippen LogP contribution is -2.17. The first-order chi connectivity index (χ1) is 8.22. The summed E-state index contributed by atoms with van der Waals surface area (Å²) in [6.45, 7) is 0. The van der Waals surface area contributed by atoms with E-state index >= 15 is 0 Å². The van der Waals surface area contributed by atoms with E-state index in [4.69, 9.17) is 0 Å². The Morgan fingerprint density at radius 3 is 2.18 bits per heavy atom. The molecule has 92 valence electrons. The molecule has 0 bridgehead atoms. The number of hydrogen-bond acceptors (Lipinski definition) is 2. The predicted octanol–water partition coefficient (Wildman–Crippen LogP) is 1.93. The largest absolute Gasteiger partial charge is 0.359 e. The fraction of sp³-hybridized carbons (Fsp3) is 0.385. The van der Waals surface area contributed by atoms with Gasteiger partial charge in [-0.2, -0.15) is 0 Å². The van der Waals surface area contributed by atoms with Crippen molar-refractivity contribution in [1.29, 1.82) is 0 Å². The number of nitrogens with one attached hydrogen (secondary N) is 2. The van der Waals surface area contributed by atoms with Gasteiger partial charge < -0.3 is 10.6 Å². The van der Waals surface area contributed by atoms with Crippen LogP contribution in [0.5, 0.6) is 0 Å². The average Bonchev–Trinajstić information content (AvgIpc) is 2.35. The van der Waals surface area contributed by atoms with E-state index in [0.29, 0.717) is 12.8 Å². The average molecular weight is 234 g/mol. The topological polar surface area (TPSA) is 58.2 Å². The molecule has 0 radical (unpaired) electrons. The van der Waals surface area contributed by atoms with Crippen LogP contribution in [0.15, 0.2) is 30.3 Å². The highest BCUT2D eigenvalue weighted by molar-refractivity contribution is 5.90. The van der Waals surface area contributed by atoms with Crippen LogP contribution in [0.3, 0.4) is 0 Å². The summed E-state index contributed by atoms with van der Waals surface area (Å²) in [5.41, 5.74) is 0.809. The Morgan fingerprint density at radius 1 is 1.00 bits per heavy atom. The van der Waals surface area contributed by atoms with Crippen LogP contribution in [-0.4, -0.2) is 18.9 Å². The van der Waals surface area contributed by atoms with Crippen molar-refractivity contribution in [2.75, 3.05) is 12.4 Å². The van der Waals surface area contributed by atoms with Crippen LogP contribution in [0, 0.1) is 0 Å². The van der Waals surface area contributed by atoms with Crippen LogP contribution in [0.2, 0.25) is 0 Å². The van der Waals surface area contributed by atoms with Crippen LogP contribution in [0.1, 0.15) is 25.7 Å². The van der Waals surface area contributed by atoms with Crippen LogP contribution in [-0.2, 0) is 9.59 Å². The molecule has 0 aliphatic rings. The second-order valence-electron chi connectivity index (χ2n) is 3.79. The third kappa shape index (κ3) is 5.70. The zero-order chi connectivity index (χ0) is 12.5. The Morgan fingerprint density at radius 2 is 1.59 bits per heavy atom. The number of para-hydroxylation sites is 1. The van der Waals surface area contributed by atoms with E-state index in [2.05, 4.69) is 10.6 Å². The molecular formula is C13H18N2O2. The van der Waals surface area contributed by atoms with E-state index in [1.54, 1.807) is 7.05 Å². The quantitative estimate of drug-likeness (QED) is 0.739. The first-order valence-corrected chi connectivity index (χ1v) is 5.78. The maximum Gasteiger partial charge on any atom is 0.224 e. The zero-order valence-corrected chi connectivity index (χ0v) is 10.0. The van der Waals surface area contributed by atoms with E-state index in [-0.39, 0.29) is 11.8 Å². The molecule has 0 fully saturated rings. The minimum Gasteiger partial charge on any atom is -0.359 e. The molecule has 0 spiro atoms. The Kier molecular flexibility index (Phi) is 5.79. The highest BCUT2D eigenvalue weighted by Crippen LogP contribution is 2.07. The Hall–Kier alpha value is -1.84. The van der Waals surface area contributed by atoms with Crippen molar-refractivity contribution in [3.63, 3.8) is 0 Å². The molecule has 1 aromatic carbocycles. The molecule has 1 rings (SSSR count). The molecule has 2 amide bonds. The summed E-state index contributed by atoms with van der Waals surface area (Å²) in [4.78, 5) is 22.5. The lowest BCUT2D eigenvalue weighted by molar-refractivity contribution is -0.121. The number of hydrogen-bond donors (Lipinski definition) is 2. The molecular weight excluding hydrogens is 216 g/mol. The van der Waals surface area contributed by atoms with Crippen LogP contribution >= 0.6 is 0 Å². The van der Waals surface area contributed by atoms with Gasteiger partial charge in [-0.15, -0.1) is 0 Å². The van der Waals surface area contributed by atoms with Crippen molar-refractivity contribution in [3.8, 4) is 0 Å². The van der Waals surface area contributed by atoms with Gasteiger partial charge in [0.2, 0.25) is 11.8 Å². The van der Waals surface area contributed by atoms with Crippen molar-refractivity contribution < 1.29 is 9.59 Å². The molecule has 0 saturated carbocycles. The Labute approximate surface area is 101 Å². The highest BCUT2D eigenvalue weighted by atomic mass is 16.2. The van der Waals surface area contributed by atoms with Gasteiger partial charge in [0.05, 0.1) is 0 Å². The summed E-state index contributed by atoms with van der Waals surface area (Å²) in [6, 6.07) is 9.35. The fourth-order valence-corrected chi connectivity index (χ4v) is 1.44. The maximum atomic E-state index is 11.5. The van der Waals surface area contributed by atoms with Crippen molar-refractivity contribution in [2.24, 2.45) is 0 Å². The molecule has 17 heavy (non-hydrogen) atoms. The van der Waals surface area contributed by atoms with E-state index in [1.807, 2.05) is 30.3 Å². The molecule has 0 atom stereocenters. The van der Waals surface area contributed by atoms with E-state index < -0.39 is 0 Å². The standard InChI is InChI=1S/C13H18N2O2/c1-14-12(16)9-5-6-10-13(17)15-11-7-3-2-4-8-11/h2-4,7-8H,5-6,9-10H2,1H3,(H,14,16)(H,15,17). The van der Waals surface area contributed by atoms with Gasteiger partial charge in [0.25, 0.3) is 0 Å². The smallest absolute Gasteiger partial charge is 0.224 e. The number of rotatable bonds is 6. The highest BCUT2D eigenvalue weighted by Gasteiger charge is 2.03. The summed E-state index contributed by atoms with van der Waals surface area (Å²) < 4.78 is 0. The Balaban J connectivity index is 2.16. The molecule has 4 heteroatoms. The fourth-order valence-electron chi connectivity index (χ4n) is 1.44. The lowest BCUT2D eigenvalue weighted by Gasteiger charge is -2.04. The lowest BCUT2D eigenvalue weighted by atomic mass is 10.2. The van der Waals surface area contributed by atoms with Crippen molar-refractivity contribution in [1.82, 2.24) is 5.32 Å². The SMILES string of the molecule is CNC(=O)CCCCC(=O)Nc1ccccc1. The summed E-state index contributed by atoms with van der Waals surface area (Å²) in [7, 11) is 1.62. The number of anilines is 1. The second-order valence-corrected chi connectivity index (χ2v) is 3.79. The van der Waals surface area contributed by atoms with Crippen molar-refractivity contribution in [3.05, 3.63) is 30.3 Å². The Bertz CT molecular complexity index is 363. The molecule has 0 heterocycles. The van der Waals surface area contributed by atoms with Gasteiger partial charge in [-0.1, -0.05) is 18.2 Å². The van der Waals surface area contributed by atoms with Gasteiger partial charge in [-0.25, -0.2) is 0 Å². The van der Waals surface area contributed by atoms with Gasteiger partial charge in [-0.3, -0.25) is 9.59 Å². The third-order valence-electron chi connectivity index (χ3n) is 2.39. The monoisotopic (exact) mass is 234 g/mol. The minimum absolute atomic E-state index is 0.00638. The zero-order valence-electron chi connectivity index (χ0n) is 10.0. The van der Waals surface area contributed by atoms with Gasteiger partial charge in [0.15, 0.2) is 0 Å². The van der Waals surface area contributed by atoms with Gasteiger partial charge >= 0.3 is 0 Å². The number of amides is 2. The normalized spacial score (nSPS) is 9.71. The van der Waals surface area contributed by atoms with Crippen molar-refractivity contribution in [2.45, 2.75) is 25.7 Å². The molecule has 0 aliphatic heterocycles. The van der Waals surface area contributed by atoms with Gasteiger partial charge in [-0.05, 0) is 25.0 Å². The predicted molar refractivity (Wildman–Crippen MR) is 67.6 cm³/mol. The first kappa shape index (κ1) is 13.2. The number of benzene rings is 1. The molecule has 1 aromatic rings. The van der Waals surface area contributed by atoms with Crippen LogP contribution < -0.4 is 10.6 Å². The summed E-state index contributed by atoms with van der Waals surface area (Å²) >= 11 is 0. The van der Waals surface area contributed by atoms with Crippen LogP contribution in [0.4, 0.5) is 5.69 Å². The summed E-state index contributed by atoms with van der Waals surface area (Å²) in [5, 5.41) is 5.36. The number of carbonyl (C=O) groups is 2. The third-order valence-corrected chi connectivity index (χ3v) is 2.39. The molecule has 0 aromatic heterocycles. The number of carbonyl (C=O) groups excluding carboxylic acids is 2. The molecule has 0 unspecified atom stereocenters. The van der Waals surface area contributed by atoms with Crippen LogP contribution in [0.25, 0.3) is 0 Å². The molecule has 0 saturated heterocycles. The second kappa shape index (κ2) is 7.44. The molecule has 0 aliphatic carbocycles. The van der Waals surface area contributed by atoms with E-state index in [0.717, 1.165) is 18.5 Å². The first-order valence-electron chi connectivity index (χ1n) is 5.78. The molecule has 2 N–H and O–H groups in total. The maximum absolute atomic E-state index is 11.5. The number of unbranched alkanes of at least 4 members (excludes halogenated alkanes) is 1. The van der Waals surface area contributed by atoms with E-state index in [9.17, 15) is 9.59 Å². The minimum atomic E-state index is -0.00638. The van der Waals surface area contributed by atoms with Gasteiger partial charge in [0.1, 0.15) is 0 Å². The van der Waals surface area contributed by atoms with Gasteiger partial charge in [0, 0.05) is 25.6 Å². The summed E-state index contributed by atoms with van der Waals surface area (Å²) in [5.74, 6) is 0.0153.